The Morgan fingerprint density at radius 2 is 2.19 bits per heavy atom. The molecule has 0 aliphatic carbocycles. The molecule has 9 heteroatoms. The summed E-state index contributed by atoms with van der Waals surface area (Å²) >= 11 is 0. The molecule has 0 aliphatic heterocycles. The van der Waals surface area contributed by atoms with E-state index in [0.717, 1.165) is 0 Å². The summed E-state index contributed by atoms with van der Waals surface area (Å²) in [5, 5.41) is 4.09. The Hall–Kier alpha value is -1.90. The van der Waals surface area contributed by atoms with Crippen molar-refractivity contribution in [3.8, 4) is 11.5 Å². The van der Waals surface area contributed by atoms with Crippen LogP contribution >= 0.6 is 0 Å². The van der Waals surface area contributed by atoms with Crippen molar-refractivity contribution in [2.24, 2.45) is 7.05 Å². The van der Waals surface area contributed by atoms with Gasteiger partial charge in [0.1, 0.15) is 0 Å². The number of sulfonamides is 1. The first kappa shape index (κ1) is 15.5. The van der Waals surface area contributed by atoms with E-state index in [1.807, 2.05) is 0 Å². The van der Waals surface area contributed by atoms with Gasteiger partial charge >= 0.3 is 0 Å². The number of anilines is 1. The summed E-state index contributed by atoms with van der Waals surface area (Å²) in [7, 11) is -2.28. The fourth-order valence-electron chi connectivity index (χ4n) is 1.69. The highest BCUT2D eigenvalue weighted by Crippen LogP contribution is 2.28. The predicted octanol–water partition coefficient (Wildman–Crippen LogP) is 2.47. The normalized spacial score (nSPS) is 12.6. The van der Waals surface area contributed by atoms with Crippen molar-refractivity contribution >= 4 is 15.7 Å². The van der Waals surface area contributed by atoms with Crippen LogP contribution in [-0.2, 0) is 17.1 Å². The molecule has 0 radical (unpaired) electrons. The summed E-state index contributed by atoms with van der Waals surface area (Å²) in [6.45, 7) is 0.681. The minimum Gasteiger partial charge on any atom is -0.463 e. The Morgan fingerprint density at radius 1 is 1.48 bits per heavy atom. The number of alkyl halides is 2. The Morgan fingerprint density at radius 3 is 2.76 bits per heavy atom. The van der Waals surface area contributed by atoms with Crippen molar-refractivity contribution in [1.29, 1.82) is 0 Å². The van der Waals surface area contributed by atoms with Crippen LogP contribution in [0.5, 0.6) is 0 Å². The summed E-state index contributed by atoms with van der Waals surface area (Å²) in [5.74, 6) is -3.33. The van der Waals surface area contributed by atoms with E-state index in [-0.39, 0.29) is 5.69 Å². The van der Waals surface area contributed by atoms with Gasteiger partial charge in [-0.05, 0) is 19.1 Å². The number of rotatable bonds is 6. The van der Waals surface area contributed by atoms with Gasteiger partial charge in [-0.2, -0.15) is 5.10 Å². The smallest absolute Gasteiger partial charge is 0.246 e. The minimum atomic E-state index is -3.89. The molecule has 6 nitrogen and oxygen atoms in total. The lowest BCUT2D eigenvalue weighted by atomic mass is 10.3. The fourth-order valence-corrected chi connectivity index (χ4v) is 2.90. The average molecular weight is 319 g/mol. The molecule has 116 valence electrons. The quantitative estimate of drug-likeness (QED) is 0.887. The second-order valence-corrected chi connectivity index (χ2v) is 6.63. The molecule has 0 fully saturated rings. The topological polar surface area (TPSA) is 77.1 Å². The molecular weight excluding hydrogens is 304 g/mol. The van der Waals surface area contributed by atoms with Crippen LogP contribution in [0, 0.1) is 0 Å². The maximum atomic E-state index is 12.8. The lowest BCUT2D eigenvalue weighted by Gasteiger charge is -2.11. The number of nitrogens with one attached hydrogen (secondary N) is 1. The molecule has 0 saturated carbocycles. The van der Waals surface area contributed by atoms with Gasteiger partial charge < -0.3 is 4.42 Å². The highest BCUT2D eigenvalue weighted by atomic mass is 32.2. The Balaban J connectivity index is 2.20. The molecule has 21 heavy (non-hydrogen) atoms. The second-order valence-electron chi connectivity index (χ2n) is 4.78. The van der Waals surface area contributed by atoms with Crippen LogP contribution in [0.3, 0.4) is 0 Å². The first-order valence-corrected chi connectivity index (χ1v) is 7.77. The molecular formula is C12H15F2N3O3S. The van der Waals surface area contributed by atoms with Gasteiger partial charge in [0.15, 0.2) is 11.5 Å². The van der Waals surface area contributed by atoms with Gasteiger partial charge in [-0.15, -0.1) is 0 Å². The average Bonchev–Trinajstić information content (AvgIpc) is 2.95. The number of aromatic nitrogens is 2. The molecule has 0 aromatic carbocycles. The predicted molar refractivity (Wildman–Crippen MR) is 73.6 cm³/mol. The summed E-state index contributed by atoms with van der Waals surface area (Å²) < 4.78 is 58.1. The molecule has 0 spiro atoms. The zero-order chi connectivity index (χ0) is 15.7. The number of furan rings is 1. The van der Waals surface area contributed by atoms with Gasteiger partial charge in [0.05, 0.1) is 17.7 Å². The van der Waals surface area contributed by atoms with Crippen LogP contribution in [0.25, 0.3) is 11.5 Å². The summed E-state index contributed by atoms with van der Waals surface area (Å²) in [4.78, 5) is 0. The van der Waals surface area contributed by atoms with Crippen molar-refractivity contribution in [1.82, 2.24) is 9.78 Å². The summed E-state index contributed by atoms with van der Waals surface area (Å²) in [6.07, 6.45) is 2.12. The maximum Gasteiger partial charge on any atom is 0.246 e. The van der Waals surface area contributed by atoms with Crippen LogP contribution in [0.15, 0.2) is 29.0 Å². The number of hydrogen-bond acceptors (Lipinski definition) is 4. The highest BCUT2D eigenvalue weighted by molar-refractivity contribution is 7.92. The largest absolute Gasteiger partial charge is 0.463 e. The SMILES string of the molecule is Cn1cc(NS(=O)(=O)CCC(C)(F)F)c(-c2ccco2)n1. The van der Waals surface area contributed by atoms with E-state index in [0.29, 0.717) is 18.4 Å². The first-order valence-electron chi connectivity index (χ1n) is 6.12. The third-order valence-corrected chi connectivity index (χ3v) is 3.93. The minimum absolute atomic E-state index is 0.187. The fraction of sp³-hybridized carbons (Fsp3) is 0.417. The summed E-state index contributed by atoms with van der Waals surface area (Å²) in [5.41, 5.74) is 0.487. The molecule has 0 unspecified atom stereocenters. The van der Waals surface area contributed by atoms with Crippen LogP contribution in [0.4, 0.5) is 14.5 Å². The number of nitrogens with zero attached hydrogens (tertiary/aromatic N) is 2. The van der Waals surface area contributed by atoms with E-state index in [1.54, 1.807) is 19.2 Å². The van der Waals surface area contributed by atoms with Gasteiger partial charge in [-0.3, -0.25) is 9.40 Å². The van der Waals surface area contributed by atoms with Crippen LogP contribution in [-0.4, -0.2) is 29.9 Å². The number of aryl methyl sites for hydroxylation is 1. The van der Waals surface area contributed by atoms with Gasteiger partial charge in [0.2, 0.25) is 15.9 Å². The molecule has 2 heterocycles. The van der Waals surface area contributed by atoms with Crippen LogP contribution < -0.4 is 4.72 Å². The molecule has 0 aliphatic rings. The third kappa shape index (κ3) is 4.28. The molecule has 0 amide bonds. The van der Waals surface area contributed by atoms with Crippen LogP contribution in [0.1, 0.15) is 13.3 Å². The molecule has 2 aromatic heterocycles. The standard InChI is InChI=1S/C12H15F2N3O3S/c1-12(13,14)5-7-21(18,19)16-9-8-17(2)15-11(9)10-4-3-6-20-10/h3-4,6,8,16H,5,7H2,1-2H3. The van der Waals surface area contributed by atoms with E-state index in [4.69, 9.17) is 4.42 Å². The van der Waals surface area contributed by atoms with Gasteiger partial charge in [0, 0.05) is 19.7 Å². The van der Waals surface area contributed by atoms with Gasteiger partial charge in [-0.1, -0.05) is 0 Å². The highest BCUT2D eigenvalue weighted by Gasteiger charge is 2.26. The number of halogens is 2. The van der Waals surface area contributed by atoms with Crippen molar-refractivity contribution in [2.75, 3.05) is 10.5 Å². The lowest BCUT2D eigenvalue weighted by molar-refractivity contribution is 0.0189. The summed E-state index contributed by atoms with van der Waals surface area (Å²) in [6, 6.07) is 3.26. The van der Waals surface area contributed by atoms with E-state index in [2.05, 4.69) is 9.82 Å². The maximum absolute atomic E-state index is 12.8. The molecule has 2 rings (SSSR count). The second kappa shape index (κ2) is 5.47. The lowest BCUT2D eigenvalue weighted by Crippen LogP contribution is -2.22. The zero-order valence-corrected chi connectivity index (χ0v) is 12.3. The molecule has 0 atom stereocenters. The van der Waals surface area contributed by atoms with Crippen molar-refractivity contribution in [3.63, 3.8) is 0 Å². The van der Waals surface area contributed by atoms with E-state index < -0.39 is 28.1 Å². The Labute approximate surface area is 120 Å². The van der Waals surface area contributed by atoms with E-state index in [9.17, 15) is 17.2 Å². The van der Waals surface area contributed by atoms with Crippen LogP contribution in [0.2, 0.25) is 0 Å². The molecule has 0 saturated heterocycles. The zero-order valence-electron chi connectivity index (χ0n) is 11.5. The molecule has 1 N–H and O–H groups in total. The third-order valence-electron chi connectivity index (χ3n) is 2.66. The Kier molecular flexibility index (Phi) is 4.04. The number of hydrogen-bond donors (Lipinski definition) is 1. The monoisotopic (exact) mass is 319 g/mol. The van der Waals surface area contributed by atoms with E-state index >= 15 is 0 Å². The van der Waals surface area contributed by atoms with Gasteiger partial charge in [0.25, 0.3) is 0 Å². The molecule has 2 aromatic rings. The molecule has 0 bridgehead atoms. The van der Waals surface area contributed by atoms with Crippen molar-refractivity contribution in [2.45, 2.75) is 19.3 Å². The Bertz CT molecular complexity index is 703. The van der Waals surface area contributed by atoms with Crippen molar-refractivity contribution in [3.05, 3.63) is 24.6 Å². The van der Waals surface area contributed by atoms with Gasteiger partial charge in [-0.25, -0.2) is 17.2 Å². The van der Waals surface area contributed by atoms with Crippen molar-refractivity contribution < 1.29 is 21.6 Å². The first-order chi connectivity index (χ1) is 9.66. The van der Waals surface area contributed by atoms with E-state index in [1.165, 1.54) is 17.1 Å².